The molecule has 3 heterocycles. The SMILES string of the molecule is C1CC[C@@H](c2nc(C3CCCO3)no2)NC1. The Labute approximate surface area is 94.6 Å². The Balaban J connectivity index is 1.71. The zero-order valence-corrected chi connectivity index (χ0v) is 9.32. The van der Waals surface area contributed by atoms with Crippen LogP contribution >= 0.6 is 0 Å². The largest absolute Gasteiger partial charge is 0.370 e. The lowest BCUT2D eigenvalue weighted by Gasteiger charge is -2.19. The maximum Gasteiger partial charge on any atom is 0.243 e. The lowest BCUT2D eigenvalue weighted by molar-refractivity contribution is 0.103. The summed E-state index contributed by atoms with van der Waals surface area (Å²) in [6.07, 6.45) is 5.72. The Kier molecular flexibility index (Phi) is 2.88. The summed E-state index contributed by atoms with van der Waals surface area (Å²) in [5.41, 5.74) is 0. The molecule has 0 saturated carbocycles. The van der Waals surface area contributed by atoms with Gasteiger partial charge in [0.1, 0.15) is 6.10 Å². The van der Waals surface area contributed by atoms with Gasteiger partial charge in [0.15, 0.2) is 0 Å². The van der Waals surface area contributed by atoms with Gasteiger partial charge < -0.3 is 14.6 Å². The average molecular weight is 223 g/mol. The first kappa shape index (κ1) is 10.2. The summed E-state index contributed by atoms with van der Waals surface area (Å²) in [6.45, 7) is 1.86. The Morgan fingerprint density at radius 1 is 1.19 bits per heavy atom. The molecule has 1 unspecified atom stereocenters. The summed E-state index contributed by atoms with van der Waals surface area (Å²) in [6, 6.07) is 0.247. The van der Waals surface area contributed by atoms with Gasteiger partial charge in [0.2, 0.25) is 11.7 Å². The molecule has 2 aliphatic rings. The van der Waals surface area contributed by atoms with Crippen LogP contribution in [0.3, 0.4) is 0 Å². The summed E-state index contributed by atoms with van der Waals surface area (Å²) in [4.78, 5) is 4.45. The molecule has 2 saturated heterocycles. The Hall–Kier alpha value is -0.940. The minimum atomic E-state index is 0.0566. The first-order chi connectivity index (χ1) is 7.93. The van der Waals surface area contributed by atoms with Crippen LogP contribution in [0.1, 0.15) is 56.0 Å². The average Bonchev–Trinajstić information content (AvgIpc) is 3.01. The van der Waals surface area contributed by atoms with Crippen LogP contribution in [-0.2, 0) is 4.74 Å². The summed E-state index contributed by atoms with van der Waals surface area (Å²) < 4.78 is 10.8. The fourth-order valence-electron chi connectivity index (χ4n) is 2.36. The summed E-state index contributed by atoms with van der Waals surface area (Å²) in [7, 11) is 0. The van der Waals surface area contributed by atoms with E-state index in [1.54, 1.807) is 0 Å². The highest BCUT2D eigenvalue weighted by Crippen LogP contribution is 2.28. The fourth-order valence-corrected chi connectivity index (χ4v) is 2.36. The van der Waals surface area contributed by atoms with Gasteiger partial charge in [-0.15, -0.1) is 0 Å². The van der Waals surface area contributed by atoms with E-state index in [1.807, 2.05) is 0 Å². The van der Waals surface area contributed by atoms with Crippen molar-refractivity contribution in [2.75, 3.05) is 13.2 Å². The molecule has 5 heteroatoms. The van der Waals surface area contributed by atoms with Crippen LogP contribution in [0.15, 0.2) is 4.52 Å². The molecule has 0 aromatic carbocycles. The van der Waals surface area contributed by atoms with Crippen molar-refractivity contribution in [3.8, 4) is 0 Å². The number of hydrogen-bond acceptors (Lipinski definition) is 5. The third kappa shape index (κ3) is 1.97. The van der Waals surface area contributed by atoms with E-state index in [2.05, 4.69) is 15.5 Å². The van der Waals surface area contributed by atoms with Gasteiger partial charge in [-0.25, -0.2) is 0 Å². The van der Waals surface area contributed by atoms with Crippen LogP contribution in [0.2, 0.25) is 0 Å². The van der Waals surface area contributed by atoms with Crippen molar-refractivity contribution in [3.05, 3.63) is 11.7 Å². The van der Waals surface area contributed by atoms with Gasteiger partial charge in [0.05, 0.1) is 6.04 Å². The van der Waals surface area contributed by atoms with Crippen molar-refractivity contribution in [2.45, 2.75) is 44.2 Å². The predicted molar refractivity (Wildman–Crippen MR) is 56.8 cm³/mol. The van der Waals surface area contributed by atoms with Gasteiger partial charge in [0, 0.05) is 6.61 Å². The zero-order valence-electron chi connectivity index (χ0n) is 9.32. The molecular formula is C11H17N3O2. The number of rotatable bonds is 2. The van der Waals surface area contributed by atoms with Gasteiger partial charge in [-0.3, -0.25) is 0 Å². The monoisotopic (exact) mass is 223 g/mol. The van der Waals surface area contributed by atoms with Crippen LogP contribution in [-0.4, -0.2) is 23.3 Å². The van der Waals surface area contributed by atoms with Gasteiger partial charge in [-0.2, -0.15) is 4.98 Å². The van der Waals surface area contributed by atoms with Crippen molar-refractivity contribution in [1.29, 1.82) is 0 Å². The summed E-state index contributed by atoms with van der Waals surface area (Å²) in [5.74, 6) is 1.45. The third-order valence-corrected chi connectivity index (χ3v) is 3.28. The minimum Gasteiger partial charge on any atom is -0.370 e. The van der Waals surface area contributed by atoms with Crippen LogP contribution in [0.25, 0.3) is 0 Å². The number of aromatic nitrogens is 2. The topological polar surface area (TPSA) is 60.2 Å². The van der Waals surface area contributed by atoms with Gasteiger partial charge in [-0.1, -0.05) is 11.6 Å². The van der Waals surface area contributed by atoms with E-state index in [-0.39, 0.29) is 12.1 Å². The molecule has 0 radical (unpaired) electrons. The van der Waals surface area contributed by atoms with Gasteiger partial charge in [0.25, 0.3) is 0 Å². The van der Waals surface area contributed by atoms with E-state index >= 15 is 0 Å². The maximum atomic E-state index is 5.53. The molecule has 5 nitrogen and oxygen atoms in total. The van der Waals surface area contributed by atoms with Gasteiger partial charge in [-0.05, 0) is 32.2 Å². The molecular weight excluding hydrogens is 206 g/mol. The van der Waals surface area contributed by atoms with Crippen LogP contribution < -0.4 is 5.32 Å². The molecule has 1 N–H and O–H groups in total. The lowest BCUT2D eigenvalue weighted by atomic mass is 10.1. The van der Waals surface area contributed by atoms with Crippen molar-refractivity contribution < 1.29 is 9.26 Å². The Bertz CT molecular complexity index is 341. The third-order valence-electron chi connectivity index (χ3n) is 3.28. The quantitative estimate of drug-likeness (QED) is 0.827. The van der Waals surface area contributed by atoms with Crippen molar-refractivity contribution >= 4 is 0 Å². The van der Waals surface area contributed by atoms with Crippen molar-refractivity contribution in [3.63, 3.8) is 0 Å². The lowest BCUT2D eigenvalue weighted by Crippen LogP contribution is -2.27. The van der Waals surface area contributed by atoms with E-state index in [4.69, 9.17) is 9.26 Å². The first-order valence-corrected chi connectivity index (χ1v) is 6.12. The minimum absolute atomic E-state index is 0.0566. The van der Waals surface area contributed by atoms with Gasteiger partial charge >= 0.3 is 0 Å². The highest BCUT2D eigenvalue weighted by atomic mass is 16.5. The molecule has 3 rings (SSSR count). The van der Waals surface area contributed by atoms with E-state index in [0.717, 1.165) is 44.1 Å². The fraction of sp³-hybridized carbons (Fsp3) is 0.818. The van der Waals surface area contributed by atoms with E-state index in [9.17, 15) is 0 Å². The molecule has 0 spiro atoms. The van der Waals surface area contributed by atoms with E-state index in [1.165, 1.54) is 12.8 Å². The smallest absolute Gasteiger partial charge is 0.243 e. The predicted octanol–water partition coefficient (Wildman–Crippen LogP) is 1.74. The second kappa shape index (κ2) is 4.51. The second-order valence-electron chi connectivity index (χ2n) is 4.49. The number of piperidine rings is 1. The molecule has 16 heavy (non-hydrogen) atoms. The molecule has 88 valence electrons. The zero-order chi connectivity index (χ0) is 10.8. The molecule has 0 aliphatic carbocycles. The molecule has 2 aliphatic heterocycles. The molecule has 1 aromatic heterocycles. The standard InChI is InChI=1S/C11H17N3O2/c1-2-6-12-8(4-1)11-13-10(14-16-11)9-5-3-7-15-9/h8-9,12H,1-7H2/t8-,9?/m0/s1. The number of nitrogens with one attached hydrogen (secondary N) is 1. The number of hydrogen-bond donors (Lipinski definition) is 1. The molecule has 0 amide bonds. The van der Waals surface area contributed by atoms with Crippen LogP contribution in [0, 0.1) is 0 Å². The summed E-state index contributed by atoms with van der Waals surface area (Å²) in [5, 5.41) is 7.42. The Morgan fingerprint density at radius 3 is 2.94 bits per heavy atom. The molecule has 1 aromatic rings. The molecule has 2 atom stereocenters. The normalized spacial score (nSPS) is 30.8. The molecule has 0 bridgehead atoms. The van der Waals surface area contributed by atoms with Crippen LogP contribution in [0.5, 0.6) is 0 Å². The van der Waals surface area contributed by atoms with Crippen molar-refractivity contribution in [2.24, 2.45) is 0 Å². The Morgan fingerprint density at radius 2 is 2.19 bits per heavy atom. The first-order valence-electron chi connectivity index (χ1n) is 6.12. The molecule has 2 fully saturated rings. The number of ether oxygens (including phenoxy) is 1. The maximum absolute atomic E-state index is 5.53. The second-order valence-corrected chi connectivity index (χ2v) is 4.49. The highest BCUT2D eigenvalue weighted by Gasteiger charge is 2.26. The van der Waals surface area contributed by atoms with E-state index in [0.29, 0.717) is 0 Å². The highest BCUT2D eigenvalue weighted by molar-refractivity contribution is 4.97. The number of nitrogens with zero attached hydrogens (tertiary/aromatic N) is 2. The summed E-state index contributed by atoms with van der Waals surface area (Å²) >= 11 is 0. The van der Waals surface area contributed by atoms with Crippen LogP contribution in [0.4, 0.5) is 0 Å². The van der Waals surface area contributed by atoms with Crippen molar-refractivity contribution in [1.82, 2.24) is 15.5 Å². The van der Waals surface area contributed by atoms with E-state index < -0.39 is 0 Å².